The van der Waals surface area contributed by atoms with Crippen molar-refractivity contribution >= 4 is 0 Å². The van der Waals surface area contributed by atoms with Crippen LogP contribution in [0.25, 0.3) is 0 Å². The molecule has 1 N–H and O–H groups in total. The topological polar surface area (TPSA) is 15.3 Å². The van der Waals surface area contributed by atoms with Crippen LogP contribution in [0.1, 0.15) is 38.5 Å². The summed E-state index contributed by atoms with van der Waals surface area (Å²) >= 11 is 0. The molecule has 1 aliphatic heterocycles. The molecule has 0 aromatic heterocycles. The molecule has 0 aromatic rings. The molecule has 2 saturated carbocycles. The molecule has 2 heteroatoms. The Morgan fingerprint density at radius 3 is 2.00 bits per heavy atom. The minimum absolute atomic E-state index is 0.788. The third-order valence-corrected chi connectivity index (χ3v) is 4.92. The number of nitrogens with zero attached hydrogens (tertiary/aromatic N) is 1. The molecule has 0 bridgehead atoms. The lowest BCUT2D eigenvalue weighted by molar-refractivity contribution is 0.158. The second-order valence-corrected chi connectivity index (χ2v) is 6.20. The first-order chi connectivity index (χ1) is 7.86. The van der Waals surface area contributed by atoms with Gasteiger partial charge in [0.05, 0.1) is 0 Å². The van der Waals surface area contributed by atoms with Crippen LogP contribution in [0.4, 0.5) is 0 Å². The van der Waals surface area contributed by atoms with Crippen molar-refractivity contribution in [3.8, 4) is 0 Å². The fraction of sp³-hybridized carbons (Fsp3) is 1.00. The summed E-state index contributed by atoms with van der Waals surface area (Å²) in [6, 6.07) is 0.788. The van der Waals surface area contributed by atoms with E-state index in [2.05, 4.69) is 17.3 Å². The summed E-state index contributed by atoms with van der Waals surface area (Å²) in [4.78, 5) is 2.75. The predicted molar refractivity (Wildman–Crippen MR) is 67.5 cm³/mol. The van der Waals surface area contributed by atoms with Crippen LogP contribution in [-0.4, -0.2) is 37.6 Å². The van der Waals surface area contributed by atoms with Crippen LogP contribution in [0.3, 0.4) is 0 Å². The first-order valence-corrected chi connectivity index (χ1v) is 7.26. The van der Waals surface area contributed by atoms with Crippen LogP contribution in [0.15, 0.2) is 0 Å². The number of likely N-dealkylation sites (tertiary alicyclic amines) is 1. The Morgan fingerprint density at radius 2 is 1.56 bits per heavy atom. The summed E-state index contributed by atoms with van der Waals surface area (Å²) < 4.78 is 0. The van der Waals surface area contributed by atoms with Crippen molar-refractivity contribution in [2.75, 3.05) is 26.7 Å². The van der Waals surface area contributed by atoms with Crippen molar-refractivity contribution in [1.82, 2.24) is 10.2 Å². The second-order valence-electron chi connectivity index (χ2n) is 6.20. The van der Waals surface area contributed by atoms with Gasteiger partial charge < -0.3 is 10.2 Å². The molecule has 0 unspecified atom stereocenters. The van der Waals surface area contributed by atoms with E-state index in [4.69, 9.17) is 0 Å². The zero-order chi connectivity index (χ0) is 11.0. The Bertz CT molecular complexity index is 213. The van der Waals surface area contributed by atoms with E-state index in [0.29, 0.717) is 0 Å². The predicted octanol–water partition coefficient (Wildman–Crippen LogP) is 2.11. The molecule has 2 aliphatic carbocycles. The van der Waals surface area contributed by atoms with Crippen LogP contribution in [0.2, 0.25) is 0 Å². The molecule has 0 atom stereocenters. The average Bonchev–Trinajstić information content (AvgIpc) is 3.19. The van der Waals surface area contributed by atoms with Gasteiger partial charge in [-0.25, -0.2) is 0 Å². The largest absolute Gasteiger partial charge is 0.317 e. The van der Waals surface area contributed by atoms with E-state index in [1.54, 1.807) is 0 Å². The number of rotatable bonds is 5. The molecule has 92 valence electrons. The maximum atomic E-state index is 3.42. The lowest BCUT2D eigenvalue weighted by Crippen LogP contribution is -2.43. The highest BCUT2D eigenvalue weighted by Crippen LogP contribution is 2.49. The molecule has 1 heterocycles. The molecular formula is C14H26N2. The molecule has 0 spiro atoms. The standard InChI is InChI=1S/C14H26N2/c1-15-13-6-8-16(9-7-13)10-14(11-2-3-11)12-4-5-12/h11-15H,2-10H2,1H3. The van der Waals surface area contributed by atoms with Gasteiger partial charge in [-0.05, 0) is 76.4 Å². The zero-order valence-electron chi connectivity index (χ0n) is 10.6. The number of nitrogens with one attached hydrogen (secondary N) is 1. The molecule has 1 saturated heterocycles. The third-order valence-electron chi connectivity index (χ3n) is 4.92. The van der Waals surface area contributed by atoms with E-state index in [0.717, 1.165) is 23.8 Å². The van der Waals surface area contributed by atoms with Crippen LogP contribution in [-0.2, 0) is 0 Å². The number of hydrogen-bond donors (Lipinski definition) is 1. The lowest BCUT2D eigenvalue weighted by atomic mass is 9.95. The van der Waals surface area contributed by atoms with Gasteiger partial charge >= 0.3 is 0 Å². The van der Waals surface area contributed by atoms with Crippen LogP contribution < -0.4 is 5.32 Å². The SMILES string of the molecule is CNC1CCN(CC(C2CC2)C2CC2)CC1. The molecule has 16 heavy (non-hydrogen) atoms. The molecular weight excluding hydrogens is 196 g/mol. The Balaban J connectivity index is 1.46. The minimum atomic E-state index is 0.788. The summed E-state index contributed by atoms with van der Waals surface area (Å²) in [5.41, 5.74) is 0. The van der Waals surface area contributed by atoms with Gasteiger partial charge in [0.25, 0.3) is 0 Å². The van der Waals surface area contributed by atoms with E-state index in [-0.39, 0.29) is 0 Å². The van der Waals surface area contributed by atoms with E-state index in [9.17, 15) is 0 Å². The highest BCUT2D eigenvalue weighted by molar-refractivity contribution is 4.93. The fourth-order valence-electron chi connectivity index (χ4n) is 3.43. The molecule has 2 nitrogen and oxygen atoms in total. The normalized spacial score (nSPS) is 28.9. The summed E-state index contributed by atoms with van der Waals surface area (Å²) in [7, 11) is 2.11. The molecule has 3 fully saturated rings. The quantitative estimate of drug-likeness (QED) is 0.766. The van der Waals surface area contributed by atoms with Gasteiger partial charge in [0.2, 0.25) is 0 Å². The van der Waals surface area contributed by atoms with E-state index in [1.807, 2.05) is 0 Å². The van der Waals surface area contributed by atoms with Gasteiger partial charge in [0.15, 0.2) is 0 Å². The van der Waals surface area contributed by atoms with Gasteiger partial charge in [-0.1, -0.05) is 0 Å². The van der Waals surface area contributed by atoms with Gasteiger partial charge in [-0.3, -0.25) is 0 Å². The summed E-state index contributed by atoms with van der Waals surface area (Å²) in [5, 5.41) is 3.42. The Labute approximate surface area is 99.8 Å². The molecule has 3 rings (SSSR count). The molecule has 0 aromatic carbocycles. The Hall–Kier alpha value is -0.0800. The zero-order valence-corrected chi connectivity index (χ0v) is 10.6. The highest BCUT2D eigenvalue weighted by Gasteiger charge is 2.42. The smallest absolute Gasteiger partial charge is 0.00884 e. The lowest BCUT2D eigenvalue weighted by Gasteiger charge is -2.34. The summed E-state index contributed by atoms with van der Waals surface area (Å²) in [6.07, 6.45) is 8.86. The maximum absolute atomic E-state index is 3.42. The van der Waals surface area contributed by atoms with Crippen molar-refractivity contribution in [1.29, 1.82) is 0 Å². The summed E-state index contributed by atoms with van der Waals surface area (Å²) in [5.74, 6) is 3.31. The highest BCUT2D eigenvalue weighted by atomic mass is 15.1. The van der Waals surface area contributed by atoms with Crippen molar-refractivity contribution in [2.45, 2.75) is 44.6 Å². The number of piperidine rings is 1. The summed E-state index contributed by atoms with van der Waals surface area (Å²) in [6.45, 7) is 4.09. The van der Waals surface area contributed by atoms with Crippen LogP contribution in [0.5, 0.6) is 0 Å². The maximum Gasteiger partial charge on any atom is 0.00884 e. The molecule has 0 radical (unpaired) electrons. The minimum Gasteiger partial charge on any atom is -0.317 e. The molecule has 3 aliphatic rings. The monoisotopic (exact) mass is 222 g/mol. The van der Waals surface area contributed by atoms with Crippen molar-refractivity contribution < 1.29 is 0 Å². The van der Waals surface area contributed by atoms with Gasteiger partial charge in [-0.15, -0.1) is 0 Å². The fourth-order valence-corrected chi connectivity index (χ4v) is 3.43. The van der Waals surface area contributed by atoms with Crippen LogP contribution >= 0.6 is 0 Å². The third kappa shape index (κ3) is 2.60. The van der Waals surface area contributed by atoms with E-state index in [1.165, 1.54) is 58.2 Å². The molecule has 0 amide bonds. The number of hydrogen-bond acceptors (Lipinski definition) is 2. The van der Waals surface area contributed by atoms with Crippen molar-refractivity contribution in [3.05, 3.63) is 0 Å². The van der Waals surface area contributed by atoms with Crippen molar-refractivity contribution in [2.24, 2.45) is 17.8 Å². The first-order valence-electron chi connectivity index (χ1n) is 7.26. The van der Waals surface area contributed by atoms with Gasteiger partial charge in [0.1, 0.15) is 0 Å². The average molecular weight is 222 g/mol. The van der Waals surface area contributed by atoms with Gasteiger partial charge in [0, 0.05) is 12.6 Å². The first kappa shape index (κ1) is 11.0. The second kappa shape index (κ2) is 4.66. The van der Waals surface area contributed by atoms with Crippen molar-refractivity contribution in [3.63, 3.8) is 0 Å². The van der Waals surface area contributed by atoms with Gasteiger partial charge in [-0.2, -0.15) is 0 Å². The Kier molecular flexibility index (Phi) is 3.21. The van der Waals surface area contributed by atoms with E-state index >= 15 is 0 Å². The Morgan fingerprint density at radius 1 is 1.00 bits per heavy atom. The van der Waals surface area contributed by atoms with E-state index < -0.39 is 0 Å². The van der Waals surface area contributed by atoms with Crippen LogP contribution in [0, 0.1) is 17.8 Å².